The second-order valence-corrected chi connectivity index (χ2v) is 13.6. The highest BCUT2D eigenvalue weighted by molar-refractivity contribution is 8.00. The lowest BCUT2D eigenvalue weighted by Crippen LogP contribution is -2.30. The minimum Gasteiger partial charge on any atom is -0.494 e. The quantitative estimate of drug-likeness (QED) is 0.0748. The van der Waals surface area contributed by atoms with Crippen molar-refractivity contribution in [1.82, 2.24) is 10.3 Å². The number of thiazole rings is 1. The second-order valence-electron chi connectivity index (χ2n) is 11.4. The summed E-state index contributed by atoms with van der Waals surface area (Å²) in [5.41, 5.74) is 2.91. The predicted molar refractivity (Wildman–Crippen MR) is 211 cm³/mol. The molecule has 0 aliphatic carbocycles. The summed E-state index contributed by atoms with van der Waals surface area (Å²) in [5, 5.41) is 8.51. The number of carbonyl (C=O) groups excluding carboxylic acids is 3. The number of aromatic nitrogens is 1. The third-order valence-electron chi connectivity index (χ3n) is 7.85. The number of carbonyl (C=O) groups is 3. The van der Waals surface area contributed by atoms with Gasteiger partial charge in [0.05, 0.1) is 31.0 Å². The van der Waals surface area contributed by atoms with Crippen LogP contribution in [-0.4, -0.2) is 43.5 Å². The first-order chi connectivity index (χ1) is 25.8. The summed E-state index contributed by atoms with van der Waals surface area (Å²) in [5.74, 6) is 0.336. The van der Waals surface area contributed by atoms with Gasteiger partial charge < -0.3 is 30.2 Å². The van der Waals surface area contributed by atoms with Crippen LogP contribution in [-0.2, 0) is 9.59 Å². The highest BCUT2D eigenvalue weighted by atomic mass is 32.2. The molecule has 10 nitrogen and oxygen atoms in total. The highest BCUT2D eigenvalue weighted by Gasteiger charge is 2.24. The van der Waals surface area contributed by atoms with Crippen molar-refractivity contribution >= 4 is 67.9 Å². The minimum absolute atomic E-state index is 0.0192. The van der Waals surface area contributed by atoms with E-state index in [0.29, 0.717) is 40.1 Å². The molecule has 6 aromatic rings. The molecule has 1 unspecified atom stereocenters. The first-order valence-electron chi connectivity index (χ1n) is 16.6. The van der Waals surface area contributed by atoms with Crippen LogP contribution in [0.5, 0.6) is 17.2 Å². The van der Waals surface area contributed by atoms with E-state index in [-0.39, 0.29) is 11.6 Å². The summed E-state index contributed by atoms with van der Waals surface area (Å²) < 4.78 is 17.5. The van der Waals surface area contributed by atoms with E-state index in [1.165, 1.54) is 43.4 Å². The molecule has 0 bridgehead atoms. The molecule has 53 heavy (non-hydrogen) atoms. The summed E-state index contributed by atoms with van der Waals surface area (Å²) in [6.07, 6.45) is 1.53. The first kappa shape index (κ1) is 36.7. The molecule has 6 rings (SSSR count). The molecule has 3 amide bonds. The van der Waals surface area contributed by atoms with Crippen LogP contribution in [0.3, 0.4) is 0 Å². The number of hydrogen-bond acceptors (Lipinski definition) is 9. The Kier molecular flexibility index (Phi) is 12.0. The van der Waals surface area contributed by atoms with Gasteiger partial charge in [0.25, 0.3) is 11.8 Å². The Labute approximate surface area is 315 Å². The largest absolute Gasteiger partial charge is 0.494 e. The molecule has 268 valence electrons. The maximum absolute atomic E-state index is 13.9. The van der Waals surface area contributed by atoms with Crippen molar-refractivity contribution in [2.24, 2.45) is 0 Å². The Morgan fingerprint density at radius 1 is 0.830 bits per heavy atom. The number of benzene rings is 5. The Bertz CT molecular complexity index is 2260. The standard InChI is InChI=1S/C41H36N4O6S2/c1-4-51-30-21-22-32-35(25-30)53-41(44-32)45-40(48)37(26-13-7-5-8-14-26)52-31-19-12-18-29(24-31)42-39(47)33(43-38(46)27-15-9-6-10-16-27)23-28-17-11-20-34(49-2)36(28)50-3/h5-25,37H,4H2,1-3H3,(H,42,47)(H,43,46)(H,44,45,48)/b33-23+. The fraction of sp³-hybridized carbons (Fsp3) is 0.122. The molecule has 1 heterocycles. The van der Waals surface area contributed by atoms with E-state index in [1.54, 1.807) is 66.7 Å². The van der Waals surface area contributed by atoms with Gasteiger partial charge in [0.1, 0.15) is 16.7 Å². The van der Waals surface area contributed by atoms with Gasteiger partial charge in [0, 0.05) is 21.7 Å². The number of thioether (sulfide) groups is 1. The van der Waals surface area contributed by atoms with Crippen molar-refractivity contribution in [1.29, 1.82) is 0 Å². The first-order valence-corrected chi connectivity index (χ1v) is 18.3. The number of rotatable bonds is 14. The summed E-state index contributed by atoms with van der Waals surface area (Å²) >= 11 is 2.71. The fourth-order valence-corrected chi connectivity index (χ4v) is 7.37. The summed E-state index contributed by atoms with van der Waals surface area (Å²) in [6, 6.07) is 36.1. The molecule has 0 aliphatic heterocycles. The lowest BCUT2D eigenvalue weighted by Gasteiger charge is -2.17. The molecular weight excluding hydrogens is 709 g/mol. The third-order valence-corrected chi connectivity index (χ3v) is 10.0. The van der Waals surface area contributed by atoms with Gasteiger partial charge in [-0.3, -0.25) is 14.4 Å². The van der Waals surface area contributed by atoms with Crippen molar-refractivity contribution in [3.63, 3.8) is 0 Å². The monoisotopic (exact) mass is 744 g/mol. The maximum atomic E-state index is 13.9. The van der Waals surface area contributed by atoms with E-state index in [2.05, 4.69) is 20.9 Å². The van der Waals surface area contributed by atoms with E-state index in [0.717, 1.165) is 26.4 Å². The van der Waals surface area contributed by atoms with Crippen LogP contribution >= 0.6 is 23.1 Å². The van der Waals surface area contributed by atoms with E-state index in [4.69, 9.17) is 14.2 Å². The maximum Gasteiger partial charge on any atom is 0.272 e. The van der Waals surface area contributed by atoms with Gasteiger partial charge in [-0.25, -0.2) is 4.98 Å². The van der Waals surface area contributed by atoms with Gasteiger partial charge in [0.2, 0.25) is 5.91 Å². The molecule has 0 radical (unpaired) electrons. The van der Waals surface area contributed by atoms with Crippen molar-refractivity contribution in [3.8, 4) is 17.2 Å². The number of amides is 3. The summed E-state index contributed by atoms with van der Waals surface area (Å²) in [6.45, 7) is 2.48. The van der Waals surface area contributed by atoms with Crippen LogP contribution in [0.4, 0.5) is 10.8 Å². The molecule has 0 spiro atoms. The third kappa shape index (κ3) is 9.23. The molecule has 0 aliphatic rings. The van der Waals surface area contributed by atoms with E-state index < -0.39 is 17.1 Å². The molecule has 0 saturated carbocycles. The highest BCUT2D eigenvalue weighted by Crippen LogP contribution is 2.38. The molecule has 1 aromatic heterocycles. The topological polar surface area (TPSA) is 128 Å². The average molecular weight is 745 g/mol. The lowest BCUT2D eigenvalue weighted by molar-refractivity contribution is -0.116. The normalized spacial score (nSPS) is 11.7. The Morgan fingerprint density at radius 3 is 2.32 bits per heavy atom. The van der Waals surface area contributed by atoms with Gasteiger partial charge in [-0.2, -0.15) is 0 Å². The molecule has 1 atom stereocenters. The number of ether oxygens (including phenoxy) is 3. The number of nitrogens with zero attached hydrogens (tertiary/aromatic N) is 1. The van der Waals surface area contributed by atoms with E-state index in [1.807, 2.05) is 61.5 Å². The smallest absolute Gasteiger partial charge is 0.272 e. The summed E-state index contributed by atoms with van der Waals surface area (Å²) in [4.78, 5) is 46.3. The average Bonchev–Trinajstić information content (AvgIpc) is 3.58. The molecular formula is C41H36N4O6S2. The van der Waals surface area contributed by atoms with Crippen LogP contribution in [0.15, 0.2) is 132 Å². The fourth-order valence-electron chi connectivity index (χ4n) is 5.39. The number of anilines is 2. The Morgan fingerprint density at radius 2 is 1.58 bits per heavy atom. The molecule has 0 fully saturated rings. The SMILES string of the molecule is CCOc1ccc2nc(NC(=O)C(Sc3cccc(NC(=O)/C(=C\c4cccc(OC)c4OC)NC(=O)c4ccccc4)c3)c3ccccc3)sc2c1. The molecule has 12 heteroatoms. The molecule has 5 aromatic carbocycles. The number of fused-ring (bicyclic) bond motifs is 1. The van der Waals surface area contributed by atoms with Gasteiger partial charge in [0.15, 0.2) is 16.6 Å². The zero-order chi connectivity index (χ0) is 37.2. The minimum atomic E-state index is -0.644. The number of methoxy groups -OCH3 is 2. The van der Waals surface area contributed by atoms with Gasteiger partial charge >= 0.3 is 0 Å². The van der Waals surface area contributed by atoms with E-state index in [9.17, 15) is 14.4 Å². The van der Waals surface area contributed by atoms with Crippen LogP contribution in [0, 0.1) is 0 Å². The van der Waals surface area contributed by atoms with Crippen LogP contribution in [0.2, 0.25) is 0 Å². The molecule has 0 saturated heterocycles. The second kappa shape index (κ2) is 17.4. The zero-order valence-corrected chi connectivity index (χ0v) is 30.8. The van der Waals surface area contributed by atoms with Gasteiger partial charge in [-0.05, 0) is 73.2 Å². The number of hydrogen-bond donors (Lipinski definition) is 3. The van der Waals surface area contributed by atoms with E-state index >= 15 is 0 Å². The van der Waals surface area contributed by atoms with Gasteiger partial charge in [-0.15, -0.1) is 11.8 Å². The predicted octanol–water partition coefficient (Wildman–Crippen LogP) is 8.59. The van der Waals surface area contributed by atoms with Crippen molar-refractivity contribution in [3.05, 3.63) is 144 Å². The summed E-state index contributed by atoms with van der Waals surface area (Å²) in [7, 11) is 3.02. The zero-order valence-electron chi connectivity index (χ0n) is 29.1. The van der Waals surface area contributed by atoms with Crippen LogP contribution < -0.4 is 30.2 Å². The van der Waals surface area contributed by atoms with Gasteiger partial charge in [-0.1, -0.05) is 78.1 Å². The number of para-hydroxylation sites is 1. The Balaban J connectivity index is 1.25. The lowest BCUT2D eigenvalue weighted by atomic mass is 10.1. The van der Waals surface area contributed by atoms with Crippen LogP contribution in [0.25, 0.3) is 16.3 Å². The van der Waals surface area contributed by atoms with Crippen molar-refractivity contribution < 1.29 is 28.6 Å². The van der Waals surface area contributed by atoms with Crippen LogP contribution in [0.1, 0.15) is 33.7 Å². The van der Waals surface area contributed by atoms with Crippen molar-refractivity contribution in [2.45, 2.75) is 17.1 Å². The Hall–Kier alpha value is -6.11. The van der Waals surface area contributed by atoms with Crippen molar-refractivity contribution in [2.75, 3.05) is 31.5 Å². The number of nitrogens with one attached hydrogen (secondary N) is 3. The molecule has 3 N–H and O–H groups in total.